The summed E-state index contributed by atoms with van der Waals surface area (Å²) in [5, 5.41) is 0. The second kappa shape index (κ2) is 5.24. The van der Waals surface area contributed by atoms with Gasteiger partial charge in [0.05, 0.1) is 5.56 Å². The fourth-order valence-electron chi connectivity index (χ4n) is 1.93. The molecule has 0 fully saturated rings. The zero-order valence-electron chi connectivity index (χ0n) is 11.1. The van der Waals surface area contributed by atoms with E-state index in [0.717, 1.165) is 4.57 Å². The van der Waals surface area contributed by atoms with Crippen LogP contribution in [0.3, 0.4) is 0 Å². The maximum atomic E-state index is 13.1. The monoisotopic (exact) mass is 276 g/mol. The van der Waals surface area contributed by atoms with Crippen LogP contribution in [-0.2, 0) is 20.5 Å². The van der Waals surface area contributed by atoms with Gasteiger partial charge in [-0.3, -0.25) is 14.2 Å². The number of halogens is 1. The molecule has 1 heterocycles. The van der Waals surface area contributed by atoms with Crippen molar-refractivity contribution in [2.24, 2.45) is 14.1 Å². The highest BCUT2D eigenvalue weighted by molar-refractivity contribution is 5.96. The van der Waals surface area contributed by atoms with E-state index in [1.165, 1.54) is 43.1 Å². The van der Waals surface area contributed by atoms with Crippen LogP contribution < -0.4 is 11.2 Å². The maximum Gasteiger partial charge on any atom is 0.330 e. The summed E-state index contributed by atoms with van der Waals surface area (Å²) < 4.78 is 15.1. The topological polar surface area (TPSA) is 61.1 Å². The van der Waals surface area contributed by atoms with Crippen LogP contribution in [0.5, 0.6) is 0 Å². The van der Waals surface area contributed by atoms with E-state index in [-0.39, 0.29) is 12.0 Å². The Kier molecular flexibility index (Phi) is 3.65. The van der Waals surface area contributed by atoms with Crippen molar-refractivity contribution < 1.29 is 9.18 Å². The molecule has 0 unspecified atom stereocenters. The lowest BCUT2D eigenvalue weighted by Gasteiger charge is -2.06. The van der Waals surface area contributed by atoms with Crippen LogP contribution in [0.1, 0.15) is 15.9 Å². The molecule has 0 radical (unpaired) electrons. The van der Waals surface area contributed by atoms with Crippen LogP contribution >= 0.6 is 0 Å². The molecule has 0 spiro atoms. The Labute approximate surface area is 113 Å². The minimum absolute atomic E-state index is 0.0844. The van der Waals surface area contributed by atoms with Gasteiger partial charge >= 0.3 is 5.69 Å². The van der Waals surface area contributed by atoms with Crippen molar-refractivity contribution in [3.63, 3.8) is 0 Å². The molecule has 0 aliphatic heterocycles. The van der Waals surface area contributed by atoms with Gasteiger partial charge in [0, 0.05) is 26.7 Å². The van der Waals surface area contributed by atoms with Gasteiger partial charge in [-0.2, -0.15) is 0 Å². The first-order valence-corrected chi connectivity index (χ1v) is 5.94. The van der Waals surface area contributed by atoms with E-state index in [4.69, 9.17) is 0 Å². The van der Waals surface area contributed by atoms with Crippen LogP contribution in [0.2, 0.25) is 0 Å². The highest BCUT2D eigenvalue weighted by atomic mass is 19.1. The van der Waals surface area contributed by atoms with Gasteiger partial charge in [0.25, 0.3) is 5.56 Å². The number of aryl methyl sites for hydroxylation is 1. The molecule has 2 aromatic rings. The molecule has 104 valence electrons. The quantitative estimate of drug-likeness (QED) is 0.773. The number of aromatic nitrogens is 2. The molecule has 20 heavy (non-hydrogen) atoms. The number of hydrogen-bond acceptors (Lipinski definition) is 3. The Morgan fingerprint density at radius 1 is 1.25 bits per heavy atom. The molecule has 0 aliphatic carbocycles. The summed E-state index contributed by atoms with van der Waals surface area (Å²) in [5.74, 6) is -0.893. The number of hydrogen-bond donors (Lipinski definition) is 0. The standard InChI is InChI=1S/C14H13FN2O3/c1-16-8-11(13(19)17(2)14(16)20)12(18)7-9-4-3-5-10(15)6-9/h3-6,8H,7H2,1-2H3. The third-order valence-corrected chi connectivity index (χ3v) is 3.00. The van der Waals surface area contributed by atoms with Crippen molar-refractivity contribution in [3.05, 3.63) is 68.2 Å². The van der Waals surface area contributed by atoms with Gasteiger partial charge in [-0.25, -0.2) is 9.18 Å². The Morgan fingerprint density at radius 3 is 2.60 bits per heavy atom. The molecule has 0 aliphatic rings. The summed E-state index contributed by atoms with van der Waals surface area (Å²) in [5.41, 5.74) is -0.753. The Balaban J connectivity index is 2.40. The first-order valence-electron chi connectivity index (χ1n) is 5.94. The Morgan fingerprint density at radius 2 is 1.95 bits per heavy atom. The van der Waals surface area contributed by atoms with Gasteiger partial charge in [-0.15, -0.1) is 0 Å². The molecule has 0 bridgehead atoms. The minimum Gasteiger partial charge on any atom is -0.303 e. The normalized spacial score (nSPS) is 10.6. The van der Waals surface area contributed by atoms with E-state index in [1.54, 1.807) is 6.07 Å². The van der Waals surface area contributed by atoms with Crippen LogP contribution in [0, 0.1) is 5.82 Å². The van der Waals surface area contributed by atoms with Crippen molar-refractivity contribution in [1.82, 2.24) is 9.13 Å². The van der Waals surface area contributed by atoms with E-state index < -0.39 is 22.8 Å². The Hall–Kier alpha value is -2.50. The van der Waals surface area contributed by atoms with E-state index in [0.29, 0.717) is 5.56 Å². The highest BCUT2D eigenvalue weighted by Gasteiger charge is 2.15. The molecule has 5 nitrogen and oxygen atoms in total. The number of nitrogens with zero attached hydrogens (tertiary/aromatic N) is 2. The fourth-order valence-corrected chi connectivity index (χ4v) is 1.93. The van der Waals surface area contributed by atoms with Gasteiger partial charge < -0.3 is 4.57 Å². The second-order valence-electron chi connectivity index (χ2n) is 4.53. The number of carbonyl (C=O) groups excluding carboxylic acids is 1. The summed E-state index contributed by atoms with van der Waals surface area (Å²) in [6, 6.07) is 5.62. The zero-order valence-corrected chi connectivity index (χ0v) is 11.1. The van der Waals surface area contributed by atoms with Crippen LogP contribution in [-0.4, -0.2) is 14.9 Å². The van der Waals surface area contributed by atoms with E-state index in [1.807, 2.05) is 0 Å². The van der Waals surface area contributed by atoms with Crippen LogP contribution in [0.25, 0.3) is 0 Å². The molecule has 6 heteroatoms. The molecule has 1 aromatic carbocycles. The van der Waals surface area contributed by atoms with E-state index >= 15 is 0 Å². The lowest BCUT2D eigenvalue weighted by molar-refractivity contribution is 0.0990. The van der Waals surface area contributed by atoms with E-state index in [9.17, 15) is 18.8 Å². The van der Waals surface area contributed by atoms with Gasteiger partial charge in [-0.1, -0.05) is 12.1 Å². The van der Waals surface area contributed by atoms with Gasteiger partial charge in [-0.05, 0) is 17.7 Å². The molecule has 2 rings (SSSR count). The molecule has 0 atom stereocenters. The minimum atomic E-state index is -0.644. The summed E-state index contributed by atoms with van der Waals surface area (Å²) in [6.45, 7) is 0. The number of rotatable bonds is 3. The molecule has 0 saturated heterocycles. The zero-order chi connectivity index (χ0) is 14.9. The summed E-state index contributed by atoms with van der Waals surface area (Å²) in [7, 11) is 2.77. The molecule has 0 saturated carbocycles. The second-order valence-corrected chi connectivity index (χ2v) is 4.53. The smallest absolute Gasteiger partial charge is 0.303 e. The molecule has 0 amide bonds. The fraction of sp³-hybridized carbons (Fsp3) is 0.214. The predicted molar refractivity (Wildman–Crippen MR) is 71.4 cm³/mol. The number of carbonyl (C=O) groups is 1. The molecular weight excluding hydrogens is 263 g/mol. The van der Waals surface area contributed by atoms with Crippen LogP contribution in [0.15, 0.2) is 40.1 Å². The average molecular weight is 276 g/mol. The maximum absolute atomic E-state index is 13.1. The van der Waals surface area contributed by atoms with Crippen molar-refractivity contribution >= 4 is 5.78 Å². The highest BCUT2D eigenvalue weighted by Crippen LogP contribution is 2.06. The van der Waals surface area contributed by atoms with Gasteiger partial charge in [0.2, 0.25) is 0 Å². The van der Waals surface area contributed by atoms with Gasteiger partial charge in [0.1, 0.15) is 5.82 Å². The summed E-state index contributed by atoms with van der Waals surface area (Å²) in [6.07, 6.45) is 1.12. The summed E-state index contributed by atoms with van der Waals surface area (Å²) in [4.78, 5) is 35.5. The average Bonchev–Trinajstić information content (AvgIpc) is 2.40. The lowest BCUT2D eigenvalue weighted by atomic mass is 10.1. The van der Waals surface area contributed by atoms with Crippen molar-refractivity contribution in [2.45, 2.75) is 6.42 Å². The number of Topliss-reactive ketones (excluding diaryl/α,β-unsaturated/α-hetero) is 1. The number of ketones is 1. The van der Waals surface area contributed by atoms with E-state index in [2.05, 4.69) is 0 Å². The van der Waals surface area contributed by atoms with Crippen molar-refractivity contribution in [2.75, 3.05) is 0 Å². The third kappa shape index (κ3) is 2.59. The largest absolute Gasteiger partial charge is 0.330 e. The third-order valence-electron chi connectivity index (χ3n) is 3.00. The summed E-state index contributed by atoms with van der Waals surface area (Å²) >= 11 is 0. The van der Waals surface area contributed by atoms with Crippen LogP contribution in [0.4, 0.5) is 4.39 Å². The Bertz CT molecular complexity index is 790. The first-order chi connectivity index (χ1) is 9.40. The lowest BCUT2D eigenvalue weighted by Crippen LogP contribution is -2.39. The SMILES string of the molecule is Cn1cc(C(=O)Cc2cccc(F)c2)c(=O)n(C)c1=O. The van der Waals surface area contributed by atoms with Gasteiger partial charge in [0.15, 0.2) is 5.78 Å². The number of benzene rings is 1. The van der Waals surface area contributed by atoms with Crippen molar-refractivity contribution in [3.8, 4) is 0 Å². The van der Waals surface area contributed by atoms with Crippen molar-refractivity contribution in [1.29, 1.82) is 0 Å². The molecular formula is C14H13FN2O3. The first kappa shape index (κ1) is 13.9. The predicted octanol–water partition coefficient (Wildman–Crippen LogP) is 0.648. The molecule has 1 aromatic heterocycles. The molecule has 0 N–H and O–H groups in total.